The minimum Gasteiger partial charge on any atom is -0.494 e. The molecule has 5 aromatic rings. The standard InChI is InChI=1S/C25H25N5O3/c1-15-21(23-27-22-18(29(23)13-14-32-3)11-8-12-19(22)33-4)25(31)30-24(26-15)20(16(2)28-30)17-9-6-5-7-10-17/h5-12,28H,13-14H2,1-4H3. The molecule has 0 atom stereocenters. The smallest absolute Gasteiger partial charge is 0.284 e. The second kappa shape index (κ2) is 8.22. The third-order valence-corrected chi connectivity index (χ3v) is 5.91. The van der Waals surface area contributed by atoms with Crippen molar-refractivity contribution in [3.63, 3.8) is 0 Å². The van der Waals surface area contributed by atoms with Crippen LogP contribution >= 0.6 is 0 Å². The van der Waals surface area contributed by atoms with Gasteiger partial charge in [0.25, 0.3) is 5.56 Å². The fraction of sp³-hybridized carbons (Fsp3) is 0.240. The molecular formula is C25H25N5O3. The Labute approximate surface area is 190 Å². The first-order chi connectivity index (χ1) is 16.0. The number of methoxy groups -OCH3 is 2. The van der Waals surface area contributed by atoms with Crippen molar-refractivity contribution in [2.45, 2.75) is 20.4 Å². The number of nitrogens with one attached hydrogen (secondary N) is 1. The number of H-pyrrole nitrogens is 1. The summed E-state index contributed by atoms with van der Waals surface area (Å²) < 4.78 is 14.4. The number of aromatic amines is 1. The Morgan fingerprint density at radius 1 is 0.970 bits per heavy atom. The number of rotatable bonds is 6. The number of hydrogen-bond acceptors (Lipinski definition) is 5. The number of aryl methyl sites for hydroxylation is 2. The molecule has 8 nitrogen and oxygen atoms in total. The average Bonchev–Trinajstić information content (AvgIpc) is 3.35. The van der Waals surface area contributed by atoms with Crippen LogP contribution in [-0.2, 0) is 11.3 Å². The van der Waals surface area contributed by atoms with E-state index in [4.69, 9.17) is 19.4 Å². The second-order valence-corrected chi connectivity index (χ2v) is 7.92. The largest absolute Gasteiger partial charge is 0.494 e. The van der Waals surface area contributed by atoms with E-state index in [1.54, 1.807) is 14.2 Å². The highest BCUT2D eigenvalue weighted by Crippen LogP contribution is 2.32. The molecule has 0 fully saturated rings. The molecule has 1 N–H and O–H groups in total. The third-order valence-electron chi connectivity index (χ3n) is 5.91. The van der Waals surface area contributed by atoms with Crippen LogP contribution in [0, 0.1) is 13.8 Å². The topological polar surface area (TPSA) is 86.4 Å². The van der Waals surface area contributed by atoms with Gasteiger partial charge in [-0.3, -0.25) is 9.89 Å². The van der Waals surface area contributed by atoms with Crippen molar-refractivity contribution >= 4 is 16.7 Å². The summed E-state index contributed by atoms with van der Waals surface area (Å²) in [5.74, 6) is 1.20. The van der Waals surface area contributed by atoms with Crippen LogP contribution in [0.4, 0.5) is 0 Å². The lowest BCUT2D eigenvalue weighted by molar-refractivity contribution is 0.188. The van der Waals surface area contributed by atoms with Crippen LogP contribution in [-0.4, -0.2) is 45.0 Å². The van der Waals surface area contributed by atoms with E-state index < -0.39 is 0 Å². The van der Waals surface area contributed by atoms with Gasteiger partial charge in [-0.05, 0) is 31.5 Å². The van der Waals surface area contributed by atoms with Gasteiger partial charge < -0.3 is 14.0 Å². The van der Waals surface area contributed by atoms with Gasteiger partial charge in [0.05, 0.1) is 24.9 Å². The SMILES string of the molecule is COCCn1c(-c2c(C)nc3c(-c4ccccc4)c(C)[nH]n3c2=O)nc2c(OC)cccc21. The average molecular weight is 444 g/mol. The van der Waals surface area contributed by atoms with E-state index >= 15 is 0 Å². The highest BCUT2D eigenvalue weighted by atomic mass is 16.5. The molecule has 2 aromatic carbocycles. The molecule has 3 aromatic heterocycles. The molecule has 0 radical (unpaired) electrons. The lowest BCUT2D eigenvalue weighted by atomic mass is 10.1. The van der Waals surface area contributed by atoms with E-state index in [-0.39, 0.29) is 5.56 Å². The summed E-state index contributed by atoms with van der Waals surface area (Å²) in [5.41, 5.74) is 5.82. The van der Waals surface area contributed by atoms with Crippen molar-refractivity contribution in [1.82, 2.24) is 24.1 Å². The number of aromatic nitrogens is 5. The number of benzene rings is 2. The Hall–Kier alpha value is -3.91. The van der Waals surface area contributed by atoms with Crippen LogP contribution < -0.4 is 10.3 Å². The molecule has 0 aliphatic heterocycles. The molecule has 0 bridgehead atoms. The molecule has 0 saturated carbocycles. The van der Waals surface area contributed by atoms with Crippen LogP contribution in [0.5, 0.6) is 5.75 Å². The van der Waals surface area contributed by atoms with E-state index in [2.05, 4.69) is 5.10 Å². The molecule has 5 rings (SSSR count). The maximum atomic E-state index is 13.8. The predicted molar refractivity (Wildman–Crippen MR) is 128 cm³/mol. The zero-order valence-corrected chi connectivity index (χ0v) is 19.0. The quantitative estimate of drug-likeness (QED) is 0.429. The molecule has 33 heavy (non-hydrogen) atoms. The van der Waals surface area contributed by atoms with Gasteiger partial charge in [0.15, 0.2) is 5.65 Å². The number of imidazole rings is 1. The minimum absolute atomic E-state index is 0.198. The van der Waals surface area contributed by atoms with E-state index in [1.165, 1.54) is 4.52 Å². The summed E-state index contributed by atoms with van der Waals surface area (Å²) in [5, 5.41) is 3.21. The second-order valence-electron chi connectivity index (χ2n) is 7.92. The fourth-order valence-corrected chi connectivity index (χ4v) is 4.38. The molecule has 168 valence electrons. The summed E-state index contributed by atoms with van der Waals surface area (Å²) in [6.07, 6.45) is 0. The lowest BCUT2D eigenvalue weighted by Crippen LogP contribution is -2.21. The van der Waals surface area contributed by atoms with Crippen molar-refractivity contribution in [1.29, 1.82) is 0 Å². The zero-order valence-electron chi connectivity index (χ0n) is 19.0. The van der Waals surface area contributed by atoms with Crippen molar-refractivity contribution < 1.29 is 9.47 Å². The van der Waals surface area contributed by atoms with Gasteiger partial charge in [0.1, 0.15) is 22.7 Å². The molecule has 0 aliphatic rings. The monoisotopic (exact) mass is 443 g/mol. The summed E-state index contributed by atoms with van der Waals surface area (Å²) >= 11 is 0. The molecule has 0 amide bonds. The Morgan fingerprint density at radius 3 is 2.48 bits per heavy atom. The minimum atomic E-state index is -0.198. The van der Waals surface area contributed by atoms with E-state index in [0.29, 0.717) is 47.1 Å². The van der Waals surface area contributed by atoms with Gasteiger partial charge in [-0.2, -0.15) is 0 Å². The number of fused-ring (bicyclic) bond motifs is 2. The van der Waals surface area contributed by atoms with Gasteiger partial charge in [0.2, 0.25) is 0 Å². The van der Waals surface area contributed by atoms with Crippen molar-refractivity contribution in [2.24, 2.45) is 0 Å². The molecular weight excluding hydrogens is 418 g/mol. The van der Waals surface area contributed by atoms with Gasteiger partial charge in [-0.15, -0.1) is 0 Å². The van der Waals surface area contributed by atoms with Gasteiger partial charge in [0, 0.05) is 24.9 Å². The third kappa shape index (κ3) is 3.30. The first-order valence-electron chi connectivity index (χ1n) is 10.7. The van der Waals surface area contributed by atoms with Gasteiger partial charge in [-0.25, -0.2) is 14.5 Å². The summed E-state index contributed by atoms with van der Waals surface area (Å²) in [6.45, 7) is 4.82. The number of hydrogen-bond donors (Lipinski definition) is 1. The Morgan fingerprint density at radius 2 is 1.76 bits per heavy atom. The van der Waals surface area contributed by atoms with E-state index in [0.717, 1.165) is 22.3 Å². The Kier molecular flexibility index (Phi) is 5.22. The van der Waals surface area contributed by atoms with E-state index in [1.807, 2.05) is 66.9 Å². The van der Waals surface area contributed by atoms with Gasteiger partial charge >= 0.3 is 0 Å². The van der Waals surface area contributed by atoms with Crippen LogP contribution in [0.2, 0.25) is 0 Å². The molecule has 8 heteroatoms. The Bertz CT molecular complexity index is 1530. The van der Waals surface area contributed by atoms with Crippen molar-refractivity contribution in [2.75, 3.05) is 20.8 Å². The maximum absolute atomic E-state index is 13.8. The van der Waals surface area contributed by atoms with Crippen molar-refractivity contribution in [3.8, 4) is 28.3 Å². The van der Waals surface area contributed by atoms with E-state index in [9.17, 15) is 4.79 Å². The number of ether oxygens (including phenoxy) is 2. The summed E-state index contributed by atoms with van der Waals surface area (Å²) in [4.78, 5) is 23.5. The molecule has 0 unspecified atom stereocenters. The fourth-order valence-electron chi connectivity index (χ4n) is 4.38. The first-order valence-corrected chi connectivity index (χ1v) is 10.7. The Balaban J connectivity index is 1.80. The summed E-state index contributed by atoms with van der Waals surface area (Å²) in [6, 6.07) is 15.7. The summed E-state index contributed by atoms with van der Waals surface area (Å²) in [7, 11) is 3.27. The zero-order chi connectivity index (χ0) is 23.1. The highest BCUT2D eigenvalue weighted by Gasteiger charge is 2.23. The first kappa shape index (κ1) is 21.0. The normalized spacial score (nSPS) is 11.5. The van der Waals surface area contributed by atoms with Crippen LogP contribution in [0.1, 0.15) is 11.4 Å². The molecule has 0 spiro atoms. The number of para-hydroxylation sites is 1. The highest BCUT2D eigenvalue weighted by molar-refractivity contribution is 5.87. The molecule has 0 saturated heterocycles. The maximum Gasteiger partial charge on any atom is 0.284 e. The van der Waals surface area contributed by atoms with Crippen LogP contribution in [0.25, 0.3) is 39.2 Å². The lowest BCUT2D eigenvalue weighted by Gasteiger charge is -2.10. The molecule has 3 heterocycles. The van der Waals surface area contributed by atoms with Crippen LogP contribution in [0.3, 0.4) is 0 Å². The van der Waals surface area contributed by atoms with Gasteiger partial charge in [-0.1, -0.05) is 36.4 Å². The number of nitrogens with zero attached hydrogens (tertiary/aromatic N) is 4. The van der Waals surface area contributed by atoms with Crippen LogP contribution in [0.15, 0.2) is 53.3 Å². The van der Waals surface area contributed by atoms with Crippen molar-refractivity contribution in [3.05, 3.63) is 70.3 Å². The molecule has 0 aliphatic carbocycles. The predicted octanol–water partition coefficient (Wildman–Crippen LogP) is 3.98.